The molecule has 2 nitrogen and oxygen atoms in total. The number of hydrogen-bond acceptors (Lipinski definition) is 2. The van der Waals surface area contributed by atoms with Crippen LogP contribution in [0.1, 0.15) is 56.6 Å². The summed E-state index contributed by atoms with van der Waals surface area (Å²) in [6.07, 6.45) is 3.54. The Balaban J connectivity index is 2.10. The summed E-state index contributed by atoms with van der Waals surface area (Å²) in [5.41, 5.74) is -0.752. The second kappa shape index (κ2) is 10.3. The minimum absolute atomic E-state index is 0.0592. The van der Waals surface area contributed by atoms with E-state index in [0.29, 0.717) is 12.1 Å². The van der Waals surface area contributed by atoms with Gasteiger partial charge in [0.2, 0.25) is 0 Å². The number of aryl methyl sites for hydroxylation is 1. The lowest BCUT2D eigenvalue weighted by Gasteiger charge is -2.33. The highest BCUT2D eigenvalue weighted by Crippen LogP contribution is 2.56. The molecular weight excluding hydrogens is 463 g/mol. The van der Waals surface area contributed by atoms with Gasteiger partial charge in [-0.05, 0) is 18.4 Å². The highest BCUT2D eigenvalue weighted by molar-refractivity contribution is 5.55. The average molecular weight is 486 g/mol. The topological polar surface area (TPSA) is 25.8 Å². The molecule has 0 spiro atoms. The lowest BCUT2D eigenvalue weighted by atomic mass is 9.96. The molecule has 184 valence electrons. The number of benzene rings is 1. The molecule has 0 atom stereocenters. The summed E-state index contributed by atoms with van der Waals surface area (Å²) in [4.78, 5) is 8.15. The minimum Gasteiger partial charge on any atom is -0.236 e. The number of aromatic nitrogens is 2. The van der Waals surface area contributed by atoms with Crippen molar-refractivity contribution in [1.82, 2.24) is 9.97 Å². The molecule has 0 fully saturated rings. The first-order chi connectivity index (χ1) is 15.3. The van der Waals surface area contributed by atoms with Gasteiger partial charge >= 0.3 is 23.9 Å². The van der Waals surface area contributed by atoms with E-state index in [1.54, 1.807) is 0 Å². The summed E-state index contributed by atoms with van der Waals surface area (Å²) in [6, 6.07) is 2.41. The van der Waals surface area contributed by atoms with E-state index in [4.69, 9.17) is 0 Å². The molecule has 0 amide bonds. The molecule has 0 N–H and O–H groups in total. The summed E-state index contributed by atoms with van der Waals surface area (Å²) in [7, 11) is 0. The van der Waals surface area contributed by atoms with E-state index in [-0.39, 0.29) is 11.4 Å². The standard InChI is InChI=1S/C22H23F9N2/c1-2-3-4-5-6-7-8-15-13-32-18(33-14-15)16-9-11-17(12-10-16)19(23,24)20(25,26)21(27,28)22(29,30)31/h9-14H,2-8H2,1H3. The molecule has 0 aliphatic carbocycles. The molecule has 0 aliphatic heterocycles. The Hall–Kier alpha value is -2.33. The molecular formula is C22H23F9N2. The van der Waals surface area contributed by atoms with Crippen molar-refractivity contribution in [2.75, 3.05) is 0 Å². The van der Waals surface area contributed by atoms with Crippen LogP contribution in [0.25, 0.3) is 11.4 Å². The summed E-state index contributed by atoms with van der Waals surface area (Å²) in [5, 5.41) is 0. The van der Waals surface area contributed by atoms with Crippen molar-refractivity contribution in [3.05, 3.63) is 47.8 Å². The molecule has 2 rings (SSSR count). The Morgan fingerprint density at radius 3 is 1.70 bits per heavy atom. The predicted molar refractivity (Wildman–Crippen MR) is 104 cm³/mol. The molecule has 0 saturated carbocycles. The first kappa shape index (κ1) is 26.9. The first-order valence-electron chi connectivity index (χ1n) is 10.4. The van der Waals surface area contributed by atoms with Gasteiger partial charge in [0.1, 0.15) is 0 Å². The molecule has 0 aliphatic rings. The van der Waals surface area contributed by atoms with Crippen LogP contribution in [0.4, 0.5) is 39.5 Å². The maximum absolute atomic E-state index is 14.0. The van der Waals surface area contributed by atoms with Gasteiger partial charge in [-0.25, -0.2) is 9.97 Å². The summed E-state index contributed by atoms with van der Waals surface area (Å²) in [6.45, 7) is 2.12. The molecule has 1 aromatic heterocycles. The summed E-state index contributed by atoms with van der Waals surface area (Å²) >= 11 is 0. The van der Waals surface area contributed by atoms with Crippen LogP contribution < -0.4 is 0 Å². The van der Waals surface area contributed by atoms with E-state index < -0.39 is 29.5 Å². The maximum atomic E-state index is 14.0. The fraction of sp³-hybridized carbons (Fsp3) is 0.545. The van der Waals surface area contributed by atoms with Gasteiger partial charge in [0.15, 0.2) is 5.82 Å². The van der Waals surface area contributed by atoms with E-state index in [1.165, 1.54) is 25.2 Å². The lowest BCUT2D eigenvalue weighted by Crippen LogP contribution is -2.59. The SMILES string of the molecule is CCCCCCCCc1cnc(-c2ccc(C(F)(F)C(F)(F)C(F)(F)C(F)(F)F)cc2)nc1. The third-order valence-corrected chi connectivity index (χ3v) is 5.17. The van der Waals surface area contributed by atoms with Gasteiger partial charge in [0, 0.05) is 23.5 Å². The van der Waals surface area contributed by atoms with E-state index in [0.717, 1.165) is 49.8 Å². The second-order valence-electron chi connectivity index (χ2n) is 7.73. The van der Waals surface area contributed by atoms with Gasteiger partial charge in [-0.2, -0.15) is 39.5 Å². The van der Waals surface area contributed by atoms with Crippen molar-refractivity contribution in [3.8, 4) is 11.4 Å². The zero-order valence-corrected chi connectivity index (χ0v) is 17.7. The van der Waals surface area contributed by atoms with Gasteiger partial charge in [0.05, 0.1) is 0 Å². The van der Waals surface area contributed by atoms with Gasteiger partial charge in [-0.3, -0.25) is 0 Å². The fourth-order valence-electron chi connectivity index (χ4n) is 3.13. The zero-order chi connectivity index (χ0) is 24.9. The van der Waals surface area contributed by atoms with Crippen LogP contribution in [0.15, 0.2) is 36.7 Å². The van der Waals surface area contributed by atoms with Crippen LogP contribution in [-0.4, -0.2) is 28.0 Å². The number of rotatable bonds is 11. The van der Waals surface area contributed by atoms with Crippen LogP contribution in [0.3, 0.4) is 0 Å². The minimum atomic E-state index is -6.93. The van der Waals surface area contributed by atoms with Gasteiger partial charge in [0.25, 0.3) is 0 Å². The third-order valence-electron chi connectivity index (χ3n) is 5.17. The van der Waals surface area contributed by atoms with Crippen molar-refractivity contribution in [2.24, 2.45) is 0 Å². The van der Waals surface area contributed by atoms with Crippen molar-refractivity contribution >= 4 is 0 Å². The van der Waals surface area contributed by atoms with Crippen LogP contribution in [-0.2, 0) is 12.3 Å². The summed E-state index contributed by atoms with van der Waals surface area (Å²) < 4.78 is 118. The Kier molecular flexibility index (Phi) is 8.40. The van der Waals surface area contributed by atoms with E-state index in [2.05, 4.69) is 16.9 Å². The molecule has 0 bridgehead atoms. The quantitative estimate of drug-likeness (QED) is 0.238. The highest BCUT2D eigenvalue weighted by atomic mass is 19.4. The van der Waals surface area contributed by atoms with E-state index in [1.807, 2.05) is 0 Å². The molecule has 2 aromatic rings. The predicted octanol–water partition coefficient (Wildman–Crippen LogP) is 7.97. The number of halogens is 9. The lowest BCUT2D eigenvalue weighted by molar-refractivity contribution is -0.399. The van der Waals surface area contributed by atoms with Crippen molar-refractivity contribution in [1.29, 1.82) is 0 Å². The largest absolute Gasteiger partial charge is 0.460 e. The van der Waals surface area contributed by atoms with Crippen molar-refractivity contribution in [3.63, 3.8) is 0 Å². The van der Waals surface area contributed by atoms with Crippen molar-refractivity contribution < 1.29 is 39.5 Å². The average Bonchev–Trinajstić information content (AvgIpc) is 2.75. The smallest absolute Gasteiger partial charge is 0.236 e. The molecule has 1 aromatic carbocycles. The normalized spacial score (nSPS) is 13.4. The fourth-order valence-corrected chi connectivity index (χ4v) is 3.13. The molecule has 0 radical (unpaired) electrons. The van der Waals surface area contributed by atoms with Crippen molar-refractivity contribution in [2.45, 2.75) is 75.8 Å². The van der Waals surface area contributed by atoms with Gasteiger partial charge in [-0.15, -0.1) is 0 Å². The monoisotopic (exact) mass is 486 g/mol. The maximum Gasteiger partial charge on any atom is 0.460 e. The van der Waals surface area contributed by atoms with Crippen LogP contribution in [0, 0.1) is 0 Å². The van der Waals surface area contributed by atoms with Crippen LogP contribution >= 0.6 is 0 Å². The Labute approximate surface area is 185 Å². The highest BCUT2D eigenvalue weighted by Gasteiger charge is 2.81. The van der Waals surface area contributed by atoms with Gasteiger partial charge < -0.3 is 0 Å². The van der Waals surface area contributed by atoms with Crippen LogP contribution in [0.2, 0.25) is 0 Å². The zero-order valence-electron chi connectivity index (χ0n) is 17.7. The van der Waals surface area contributed by atoms with Crippen LogP contribution in [0.5, 0.6) is 0 Å². The Bertz CT molecular complexity index is 876. The van der Waals surface area contributed by atoms with Gasteiger partial charge in [-0.1, -0.05) is 63.3 Å². The number of unbranched alkanes of at least 4 members (excludes halogenated alkanes) is 5. The number of hydrogen-bond donors (Lipinski definition) is 0. The molecule has 33 heavy (non-hydrogen) atoms. The van der Waals surface area contributed by atoms with E-state index in [9.17, 15) is 39.5 Å². The summed E-state index contributed by atoms with van der Waals surface area (Å²) in [5.74, 6) is -19.4. The molecule has 0 unspecified atom stereocenters. The Morgan fingerprint density at radius 2 is 1.18 bits per heavy atom. The molecule has 11 heteroatoms. The Morgan fingerprint density at radius 1 is 0.667 bits per heavy atom. The third kappa shape index (κ3) is 5.78. The number of nitrogens with zero attached hydrogens (tertiary/aromatic N) is 2. The first-order valence-corrected chi connectivity index (χ1v) is 10.4. The van der Waals surface area contributed by atoms with E-state index >= 15 is 0 Å². The second-order valence-corrected chi connectivity index (χ2v) is 7.73. The molecule has 0 saturated heterocycles. The number of alkyl halides is 9. The molecule has 1 heterocycles.